The third-order valence-electron chi connectivity index (χ3n) is 2.38. The summed E-state index contributed by atoms with van der Waals surface area (Å²) in [6, 6.07) is 4.89. The van der Waals surface area contributed by atoms with Gasteiger partial charge in [0.1, 0.15) is 17.3 Å². The summed E-state index contributed by atoms with van der Waals surface area (Å²) in [7, 11) is 0. The van der Waals surface area contributed by atoms with Gasteiger partial charge < -0.3 is 15.6 Å². The van der Waals surface area contributed by atoms with Crippen molar-refractivity contribution in [3.63, 3.8) is 0 Å². The molecular weight excluding hydrogens is 274 g/mol. The molecule has 0 unspecified atom stereocenters. The van der Waals surface area contributed by atoms with Crippen molar-refractivity contribution in [3.05, 3.63) is 28.8 Å². The fourth-order valence-corrected chi connectivity index (χ4v) is 1.45. The van der Waals surface area contributed by atoms with Crippen LogP contribution in [0, 0.1) is 5.41 Å². The zero-order valence-corrected chi connectivity index (χ0v) is 11.6. The molecule has 0 heterocycles. The van der Waals surface area contributed by atoms with Crippen LogP contribution < -0.4 is 10.5 Å². The molecule has 0 spiro atoms. The quantitative estimate of drug-likeness (QED) is 0.814. The molecule has 0 amide bonds. The number of carboxylic acids is 1. The van der Waals surface area contributed by atoms with Crippen LogP contribution in [0.3, 0.4) is 0 Å². The van der Waals surface area contributed by atoms with E-state index in [9.17, 15) is 4.79 Å². The first kappa shape index (κ1) is 14.7. The van der Waals surface area contributed by atoms with E-state index in [-0.39, 0.29) is 11.6 Å². The van der Waals surface area contributed by atoms with Crippen molar-refractivity contribution >= 4 is 34.8 Å². The van der Waals surface area contributed by atoms with Crippen LogP contribution in [0.25, 0.3) is 0 Å². The van der Waals surface area contributed by atoms with Crippen LogP contribution in [-0.2, 0) is 4.79 Å². The number of rotatable bonds is 5. The van der Waals surface area contributed by atoms with Gasteiger partial charge in [-0.25, -0.2) is 0 Å². The zero-order valence-electron chi connectivity index (χ0n) is 10.1. The summed E-state index contributed by atoms with van der Waals surface area (Å²) in [5.74, 6) is -0.524. The molecular formula is C12H14ClNO3S. The smallest absolute Gasteiger partial charge is 0.312 e. The SMILES string of the molecule is CC(C)(COc1ccc(C(N)=S)cc1Cl)C(=O)O. The van der Waals surface area contributed by atoms with Gasteiger partial charge in [0, 0.05) is 5.56 Å². The Morgan fingerprint density at radius 2 is 2.17 bits per heavy atom. The molecule has 0 radical (unpaired) electrons. The van der Waals surface area contributed by atoms with Crippen LogP contribution in [0.1, 0.15) is 19.4 Å². The number of hydrogen-bond acceptors (Lipinski definition) is 3. The van der Waals surface area contributed by atoms with Gasteiger partial charge in [-0.05, 0) is 32.0 Å². The number of nitrogens with two attached hydrogens (primary N) is 1. The number of halogens is 1. The van der Waals surface area contributed by atoms with Crippen LogP contribution in [0.5, 0.6) is 5.75 Å². The molecule has 4 nitrogen and oxygen atoms in total. The van der Waals surface area contributed by atoms with Crippen LogP contribution in [0.15, 0.2) is 18.2 Å². The highest BCUT2D eigenvalue weighted by Gasteiger charge is 2.28. The fraction of sp³-hybridized carbons (Fsp3) is 0.333. The van der Waals surface area contributed by atoms with Gasteiger partial charge >= 0.3 is 5.97 Å². The summed E-state index contributed by atoms with van der Waals surface area (Å²) >= 11 is 10.8. The van der Waals surface area contributed by atoms with E-state index in [1.54, 1.807) is 32.0 Å². The van der Waals surface area contributed by atoms with Crippen molar-refractivity contribution in [2.24, 2.45) is 11.1 Å². The summed E-state index contributed by atoms with van der Waals surface area (Å²) in [6.45, 7) is 3.17. The summed E-state index contributed by atoms with van der Waals surface area (Å²) in [5.41, 5.74) is 5.13. The second-order valence-corrected chi connectivity index (χ2v) is 5.33. The molecule has 3 N–H and O–H groups in total. The molecule has 0 aliphatic heterocycles. The molecule has 0 aliphatic rings. The van der Waals surface area contributed by atoms with Crippen LogP contribution in [0.4, 0.5) is 0 Å². The van der Waals surface area contributed by atoms with E-state index >= 15 is 0 Å². The first-order valence-electron chi connectivity index (χ1n) is 5.19. The minimum Gasteiger partial charge on any atom is -0.491 e. The Morgan fingerprint density at radius 3 is 2.61 bits per heavy atom. The lowest BCUT2D eigenvalue weighted by molar-refractivity contribution is -0.148. The third kappa shape index (κ3) is 3.58. The van der Waals surface area contributed by atoms with E-state index in [1.807, 2.05) is 0 Å². The maximum atomic E-state index is 10.9. The number of thiocarbonyl (C=S) groups is 1. The molecule has 1 aromatic rings. The molecule has 0 fully saturated rings. The maximum Gasteiger partial charge on any atom is 0.312 e. The van der Waals surface area contributed by atoms with Crippen molar-refractivity contribution in [1.82, 2.24) is 0 Å². The second-order valence-electron chi connectivity index (χ2n) is 4.49. The van der Waals surface area contributed by atoms with Gasteiger partial charge in [-0.3, -0.25) is 4.79 Å². The summed E-state index contributed by atoms with van der Waals surface area (Å²) in [4.78, 5) is 11.2. The van der Waals surface area contributed by atoms with Crippen LogP contribution >= 0.6 is 23.8 Å². The monoisotopic (exact) mass is 287 g/mol. The molecule has 0 saturated carbocycles. The zero-order chi connectivity index (χ0) is 13.9. The molecule has 6 heteroatoms. The van der Waals surface area contributed by atoms with Gasteiger partial charge in [0.05, 0.1) is 10.4 Å². The third-order valence-corrected chi connectivity index (χ3v) is 2.91. The second kappa shape index (κ2) is 5.54. The van der Waals surface area contributed by atoms with Gasteiger partial charge in [0.2, 0.25) is 0 Å². The van der Waals surface area contributed by atoms with Crippen LogP contribution in [-0.4, -0.2) is 22.7 Å². The van der Waals surface area contributed by atoms with Gasteiger partial charge in [-0.15, -0.1) is 0 Å². The average Bonchev–Trinajstić information content (AvgIpc) is 2.26. The number of carboxylic acid groups (broad SMARTS) is 1. The molecule has 0 atom stereocenters. The number of benzene rings is 1. The average molecular weight is 288 g/mol. The Morgan fingerprint density at radius 1 is 1.56 bits per heavy atom. The molecule has 0 aliphatic carbocycles. The van der Waals surface area contributed by atoms with Gasteiger partial charge in [0.25, 0.3) is 0 Å². The number of hydrogen-bond donors (Lipinski definition) is 2. The van der Waals surface area contributed by atoms with Crippen molar-refractivity contribution in [3.8, 4) is 5.75 Å². The Kier molecular flexibility index (Phi) is 4.53. The normalized spacial score (nSPS) is 11.1. The highest BCUT2D eigenvalue weighted by molar-refractivity contribution is 7.80. The topological polar surface area (TPSA) is 72.5 Å². The molecule has 0 saturated heterocycles. The van der Waals surface area contributed by atoms with E-state index < -0.39 is 11.4 Å². The molecule has 1 aromatic carbocycles. The van der Waals surface area contributed by atoms with E-state index in [4.69, 9.17) is 39.4 Å². The Labute approximate surface area is 116 Å². The van der Waals surface area contributed by atoms with E-state index in [0.29, 0.717) is 16.3 Å². The molecule has 1 rings (SSSR count). The number of ether oxygens (including phenoxy) is 1. The van der Waals surface area contributed by atoms with Gasteiger partial charge in [-0.1, -0.05) is 23.8 Å². The lowest BCUT2D eigenvalue weighted by Gasteiger charge is -2.20. The highest BCUT2D eigenvalue weighted by Crippen LogP contribution is 2.27. The molecule has 98 valence electrons. The Hall–Kier alpha value is -1.33. The predicted molar refractivity (Wildman–Crippen MR) is 74.3 cm³/mol. The standard InChI is InChI=1S/C12H14ClNO3S/c1-12(2,11(15)16)6-17-9-4-3-7(10(14)18)5-8(9)13/h3-5H,6H2,1-2H3,(H2,14,18)(H,15,16). The van der Waals surface area contributed by atoms with E-state index in [2.05, 4.69) is 0 Å². The van der Waals surface area contributed by atoms with Crippen molar-refractivity contribution < 1.29 is 14.6 Å². The lowest BCUT2D eigenvalue weighted by Crippen LogP contribution is -2.30. The Balaban J connectivity index is 2.81. The highest BCUT2D eigenvalue weighted by atomic mass is 35.5. The number of carbonyl (C=O) groups is 1. The summed E-state index contributed by atoms with van der Waals surface area (Å²) in [5, 5.41) is 9.31. The van der Waals surface area contributed by atoms with E-state index in [1.165, 1.54) is 0 Å². The lowest BCUT2D eigenvalue weighted by atomic mass is 9.95. The molecule has 18 heavy (non-hydrogen) atoms. The summed E-state index contributed by atoms with van der Waals surface area (Å²) in [6.07, 6.45) is 0. The van der Waals surface area contributed by atoms with Crippen molar-refractivity contribution in [1.29, 1.82) is 0 Å². The van der Waals surface area contributed by atoms with Crippen LogP contribution in [0.2, 0.25) is 5.02 Å². The molecule has 0 aromatic heterocycles. The Bertz CT molecular complexity index is 488. The van der Waals surface area contributed by atoms with E-state index in [0.717, 1.165) is 0 Å². The minimum absolute atomic E-state index is 0.0223. The fourth-order valence-electron chi connectivity index (χ4n) is 1.09. The predicted octanol–water partition coefficient (Wildman–Crippen LogP) is 2.46. The summed E-state index contributed by atoms with van der Waals surface area (Å²) < 4.78 is 5.40. The van der Waals surface area contributed by atoms with Crippen molar-refractivity contribution in [2.75, 3.05) is 6.61 Å². The first-order chi connectivity index (χ1) is 8.24. The molecule has 0 bridgehead atoms. The largest absolute Gasteiger partial charge is 0.491 e. The maximum absolute atomic E-state index is 10.9. The van der Waals surface area contributed by atoms with Gasteiger partial charge in [0.15, 0.2) is 0 Å². The first-order valence-corrected chi connectivity index (χ1v) is 5.98. The van der Waals surface area contributed by atoms with Gasteiger partial charge in [-0.2, -0.15) is 0 Å². The number of aliphatic carboxylic acids is 1. The minimum atomic E-state index is -0.981. The van der Waals surface area contributed by atoms with Crippen molar-refractivity contribution in [2.45, 2.75) is 13.8 Å².